The number of anilines is 1. The zero-order valence-corrected chi connectivity index (χ0v) is 12.4. The van der Waals surface area contributed by atoms with E-state index in [4.69, 9.17) is 0 Å². The summed E-state index contributed by atoms with van der Waals surface area (Å²) in [6, 6.07) is 15.9. The molecular weight excluding hydrogens is 293 g/mol. The standard InChI is InChI=1S/C18H16FN3O/c19-16-8-6-14(7-9-16)10-18(23)21-17-11-20-22(13-17)12-15-4-2-1-3-5-15/h1-9,11,13H,10,12H2,(H,21,23). The number of nitrogens with one attached hydrogen (secondary N) is 1. The monoisotopic (exact) mass is 309 g/mol. The van der Waals surface area contributed by atoms with Crippen LogP contribution >= 0.6 is 0 Å². The third kappa shape index (κ3) is 4.26. The van der Waals surface area contributed by atoms with E-state index in [0.29, 0.717) is 12.2 Å². The molecule has 0 aliphatic rings. The highest BCUT2D eigenvalue weighted by Crippen LogP contribution is 2.10. The maximum Gasteiger partial charge on any atom is 0.228 e. The van der Waals surface area contributed by atoms with Crippen molar-refractivity contribution in [3.05, 3.63) is 83.9 Å². The predicted molar refractivity (Wildman–Crippen MR) is 86.5 cm³/mol. The summed E-state index contributed by atoms with van der Waals surface area (Å²) < 4.78 is 14.6. The van der Waals surface area contributed by atoms with E-state index >= 15 is 0 Å². The van der Waals surface area contributed by atoms with Crippen molar-refractivity contribution in [3.8, 4) is 0 Å². The molecule has 1 amide bonds. The van der Waals surface area contributed by atoms with Crippen LogP contribution in [-0.4, -0.2) is 15.7 Å². The molecule has 0 spiro atoms. The van der Waals surface area contributed by atoms with Gasteiger partial charge in [-0.25, -0.2) is 4.39 Å². The van der Waals surface area contributed by atoms with E-state index in [1.54, 1.807) is 29.2 Å². The average molecular weight is 309 g/mol. The highest BCUT2D eigenvalue weighted by Gasteiger charge is 2.06. The van der Waals surface area contributed by atoms with Gasteiger partial charge in [0.2, 0.25) is 5.91 Å². The third-order valence-electron chi connectivity index (χ3n) is 3.38. The van der Waals surface area contributed by atoms with Crippen LogP contribution in [0, 0.1) is 5.82 Å². The van der Waals surface area contributed by atoms with Gasteiger partial charge in [-0.3, -0.25) is 9.48 Å². The number of amides is 1. The fourth-order valence-corrected chi connectivity index (χ4v) is 2.28. The second kappa shape index (κ2) is 6.87. The smallest absolute Gasteiger partial charge is 0.228 e. The Labute approximate surface area is 133 Å². The molecule has 2 aromatic carbocycles. The molecule has 0 fully saturated rings. The molecule has 0 saturated carbocycles. The summed E-state index contributed by atoms with van der Waals surface area (Å²) in [4.78, 5) is 12.0. The van der Waals surface area contributed by atoms with Gasteiger partial charge in [-0.05, 0) is 23.3 Å². The second-order valence-electron chi connectivity index (χ2n) is 5.26. The first-order valence-electron chi connectivity index (χ1n) is 7.30. The quantitative estimate of drug-likeness (QED) is 0.786. The third-order valence-corrected chi connectivity index (χ3v) is 3.38. The number of aromatic nitrogens is 2. The Morgan fingerprint density at radius 3 is 2.52 bits per heavy atom. The van der Waals surface area contributed by atoms with Gasteiger partial charge in [0.05, 0.1) is 24.8 Å². The Balaban J connectivity index is 1.58. The van der Waals surface area contributed by atoms with Crippen LogP contribution in [0.1, 0.15) is 11.1 Å². The van der Waals surface area contributed by atoms with Gasteiger partial charge in [0, 0.05) is 6.20 Å². The Hall–Kier alpha value is -2.95. The molecule has 3 aromatic rings. The highest BCUT2D eigenvalue weighted by molar-refractivity contribution is 5.91. The Bertz CT molecular complexity index is 782. The van der Waals surface area contributed by atoms with E-state index in [9.17, 15) is 9.18 Å². The van der Waals surface area contributed by atoms with Crippen molar-refractivity contribution in [3.63, 3.8) is 0 Å². The first-order chi connectivity index (χ1) is 11.2. The minimum absolute atomic E-state index is 0.157. The van der Waals surface area contributed by atoms with Gasteiger partial charge in [-0.15, -0.1) is 0 Å². The van der Waals surface area contributed by atoms with Gasteiger partial charge in [0.1, 0.15) is 5.82 Å². The van der Waals surface area contributed by atoms with E-state index < -0.39 is 0 Å². The first kappa shape index (κ1) is 15.0. The summed E-state index contributed by atoms with van der Waals surface area (Å²) >= 11 is 0. The molecule has 0 bridgehead atoms. The molecule has 0 aliphatic heterocycles. The number of hydrogen-bond acceptors (Lipinski definition) is 2. The molecule has 1 heterocycles. The summed E-state index contributed by atoms with van der Waals surface area (Å²) in [5.41, 5.74) is 2.55. The Morgan fingerprint density at radius 1 is 1.04 bits per heavy atom. The lowest BCUT2D eigenvalue weighted by Crippen LogP contribution is -2.14. The summed E-state index contributed by atoms with van der Waals surface area (Å²) in [5, 5.41) is 7.03. The van der Waals surface area contributed by atoms with Crippen molar-refractivity contribution >= 4 is 11.6 Å². The first-order valence-corrected chi connectivity index (χ1v) is 7.30. The van der Waals surface area contributed by atoms with Crippen LogP contribution < -0.4 is 5.32 Å². The van der Waals surface area contributed by atoms with Crippen LogP contribution in [0.5, 0.6) is 0 Å². The molecule has 0 radical (unpaired) electrons. The van der Waals surface area contributed by atoms with Crippen LogP contribution in [0.2, 0.25) is 0 Å². The van der Waals surface area contributed by atoms with Gasteiger partial charge < -0.3 is 5.32 Å². The molecule has 116 valence electrons. The van der Waals surface area contributed by atoms with Crippen LogP contribution in [-0.2, 0) is 17.8 Å². The van der Waals surface area contributed by atoms with E-state index in [2.05, 4.69) is 10.4 Å². The molecule has 1 aromatic heterocycles. The summed E-state index contributed by atoms with van der Waals surface area (Å²) in [7, 11) is 0. The van der Waals surface area contributed by atoms with Crippen LogP contribution in [0.15, 0.2) is 67.0 Å². The zero-order valence-electron chi connectivity index (χ0n) is 12.4. The van der Waals surface area contributed by atoms with Crippen molar-refractivity contribution in [1.82, 2.24) is 9.78 Å². The van der Waals surface area contributed by atoms with Crippen LogP contribution in [0.25, 0.3) is 0 Å². The van der Waals surface area contributed by atoms with Crippen molar-refractivity contribution < 1.29 is 9.18 Å². The molecule has 5 heteroatoms. The molecule has 0 saturated heterocycles. The van der Waals surface area contributed by atoms with Crippen molar-refractivity contribution in [2.45, 2.75) is 13.0 Å². The van der Waals surface area contributed by atoms with Crippen LogP contribution in [0.4, 0.5) is 10.1 Å². The van der Waals surface area contributed by atoms with Crippen molar-refractivity contribution in [1.29, 1.82) is 0 Å². The van der Waals surface area contributed by atoms with E-state index in [1.165, 1.54) is 12.1 Å². The maximum atomic E-state index is 12.8. The van der Waals surface area contributed by atoms with Crippen LogP contribution in [0.3, 0.4) is 0 Å². The lowest BCUT2D eigenvalue weighted by atomic mass is 10.1. The van der Waals surface area contributed by atoms with Gasteiger partial charge in [-0.1, -0.05) is 42.5 Å². The minimum Gasteiger partial charge on any atom is -0.323 e. The number of hydrogen-bond donors (Lipinski definition) is 1. The number of benzene rings is 2. The maximum absolute atomic E-state index is 12.8. The van der Waals surface area contributed by atoms with E-state index in [1.807, 2.05) is 30.3 Å². The highest BCUT2D eigenvalue weighted by atomic mass is 19.1. The molecule has 0 aliphatic carbocycles. The fourth-order valence-electron chi connectivity index (χ4n) is 2.28. The molecule has 1 N–H and O–H groups in total. The number of halogens is 1. The Kier molecular flexibility index (Phi) is 4.47. The summed E-state index contributed by atoms with van der Waals surface area (Å²) in [6.45, 7) is 0.647. The van der Waals surface area contributed by atoms with Crippen molar-refractivity contribution in [2.24, 2.45) is 0 Å². The molecule has 4 nitrogen and oxygen atoms in total. The summed E-state index contributed by atoms with van der Waals surface area (Å²) in [6.07, 6.45) is 3.60. The van der Waals surface area contributed by atoms with Crippen molar-refractivity contribution in [2.75, 3.05) is 5.32 Å². The molecule has 23 heavy (non-hydrogen) atoms. The summed E-state index contributed by atoms with van der Waals surface area (Å²) in [5.74, 6) is -0.466. The number of rotatable bonds is 5. The van der Waals surface area contributed by atoms with Gasteiger partial charge in [-0.2, -0.15) is 5.10 Å². The molecule has 0 atom stereocenters. The second-order valence-corrected chi connectivity index (χ2v) is 5.26. The minimum atomic E-state index is -0.309. The molecular formula is C18H16FN3O. The fraction of sp³-hybridized carbons (Fsp3) is 0.111. The number of nitrogens with zero attached hydrogens (tertiary/aromatic N) is 2. The SMILES string of the molecule is O=C(Cc1ccc(F)cc1)Nc1cnn(Cc2ccccc2)c1. The molecule has 3 rings (SSSR count). The van der Waals surface area contributed by atoms with Gasteiger partial charge >= 0.3 is 0 Å². The largest absolute Gasteiger partial charge is 0.323 e. The van der Waals surface area contributed by atoms with Gasteiger partial charge in [0.25, 0.3) is 0 Å². The van der Waals surface area contributed by atoms with E-state index in [-0.39, 0.29) is 18.1 Å². The zero-order chi connectivity index (χ0) is 16.1. The lowest BCUT2D eigenvalue weighted by molar-refractivity contribution is -0.115. The number of carbonyl (C=O) groups excluding carboxylic acids is 1. The topological polar surface area (TPSA) is 46.9 Å². The lowest BCUT2D eigenvalue weighted by Gasteiger charge is -2.03. The average Bonchev–Trinajstić information content (AvgIpc) is 2.97. The number of carbonyl (C=O) groups is 1. The van der Waals surface area contributed by atoms with E-state index in [0.717, 1.165) is 11.1 Å². The van der Waals surface area contributed by atoms with Gasteiger partial charge in [0.15, 0.2) is 0 Å². The molecule has 0 unspecified atom stereocenters. The Morgan fingerprint density at radius 2 is 1.78 bits per heavy atom. The normalized spacial score (nSPS) is 10.5. The predicted octanol–water partition coefficient (Wildman–Crippen LogP) is 3.25.